The molecular formula is C9H18N2O3. The van der Waals surface area contributed by atoms with Gasteiger partial charge in [0.15, 0.2) is 0 Å². The number of nitrogens with two attached hydrogens (primary N) is 1. The van der Waals surface area contributed by atoms with Crippen LogP contribution in [0.15, 0.2) is 0 Å². The molecule has 0 fully saturated rings. The third kappa shape index (κ3) is 4.81. The van der Waals surface area contributed by atoms with Crippen molar-refractivity contribution in [3.05, 3.63) is 0 Å². The van der Waals surface area contributed by atoms with E-state index >= 15 is 0 Å². The molecule has 0 spiro atoms. The van der Waals surface area contributed by atoms with Gasteiger partial charge in [-0.15, -0.1) is 0 Å². The molecule has 1 amide bonds. The smallest absolute Gasteiger partial charge is 0.306 e. The number of hydrogen-bond acceptors (Lipinski definition) is 4. The summed E-state index contributed by atoms with van der Waals surface area (Å²) in [7, 11) is 1.33. The molecule has 0 saturated heterocycles. The van der Waals surface area contributed by atoms with Gasteiger partial charge in [0, 0.05) is 6.54 Å². The number of hydrogen-bond donors (Lipinski definition) is 2. The topological polar surface area (TPSA) is 81.4 Å². The van der Waals surface area contributed by atoms with Crippen molar-refractivity contribution in [3.63, 3.8) is 0 Å². The summed E-state index contributed by atoms with van der Waals surface area (Å²) in [6.45, 7) is 4.18. The van der Waals surface area contributed by atoms with Crippen LogP contribution in [0.2, 0.25) is 0 Å². The van der Waals surface area contributed by atoms with Crippen LogP contribution in [0.3, 0.4) is 0 Å². The molecule has 3 N–H and O–H groups in total. The average Bonchev–Trinajstić information content (AvgIpc) is 2.10. The van der Waals surface area contributed by atoms with Crippen molar-refractivity contribution >= 4 is 11.9 Å². The highest BCUT2D eigenvalue weighted by Crippen LogP contribution is 2.00. The van der Waals surface area contributed by atoms with E-state index in [0.717, 1.165) is 0 Å². The number of nitrogens with one attached hydrogen (secondary N) is 1. The zero-order chi connectivity index (χ0) is 11.1. The molecule has 1 unspecified atom stereocenters. The summed E-state index contributed by atoms with van der Waals surface area (Å²) >= 11 is 0. The molecule has 0 aromatic heterocycles. The molecule has 0 aliphatic rings. The highest BCUT2D eigenvalue weighted by Gasteiger charge is 2.18. The second-order valence-electron chi connectivity index (χ2n) is 3.40. The van der Waals surface area contributed by atoms with Crippen molar-refractivity contribution in [1.82, 2.24) is 5.32 Å². The first-order valence-electron chi connectivity index (χ1n) is 4.58. The van der Waals surface area contributed by atoms with Gasteiger partial charge in [0.25, 0.3) is 0 Å². The van der Waals surface area contributed by atoms with Crippen LogP contribution in [-0.2, 0) is 14.3 Å². The number of amides is 1. The lowest BCUT2D eigenvalue weighted by Gasteiger charge is -2.18. The summed E-state index contributed by atoms with van der Waals surface area (Å²) in [4.78, 5) is 21.7. The normalized spacial score (nSPS) is 12.6. The van der Waals surface area contributed by atoms with Crippen LogP contribution < -0.4 is 11.1 Å². The van der Waals surface area contributed by atoms with Gasteiger partial charge >= 0.3 is 5.97 Å². The Morgan fingerprint density at radius 3 is 2.36 bits per heavy atom. The van der Waals surface area contributed by atoms with E-state index in [9.17, 15) is 9.59 Å². The number of primary amides is 1. The summed E-state index contributed by atoms with van der Waals surface area (Å²) in [5.41, 5.74) is 5.17. The standard InChI is InChI=1S/C9H18N2O3/c1-6(2)8(9(10)13)11-5-4-7(12)14-3/h6,8,11H,4-5H2,1-3H3,(H2,10,13). The molecule has 0 heterocycles. The lowest BCUT2D eigenvalue weighted by atomic mass is 10.0. The quantitative estimate of drug-likeness (QED) is 0.577. The van der Waals surface area contributed by atoms with Crippen molar-refractivity contribution in [2.75, 3.05) is 13.7 Å². The Balaban J connectivity index is 3.84. The van der Waals surface area contributed by atoms with Gasteiger partial charge in [-0.2, -0.15) is 0 Å². The van der Waals surface area contributed by atoms with E-state index in [1.807, 2.05) is 13.8 Å². The molecule has 0 aromatic rings. The van der Waals surface area contributed by atoms with Crippen LogP contribution >= 0.6 is 0 Å². The summed E-state index contributed by atoms with van der Waals surface area (Å²) in [5.74, 6) is -0.584. The van der Waals surface area contributed by atoms with Gasteiger partial charge in [-0.25, -0.2) is 0 Å². The van der Waals surface area contributed by atoms with Crippen molar-refractivity contribution in [3.8, 4) is 0 Å². The second kappa shape index (κ2) is 6.37. The molecule has 82 valence electrons. The Labute approximate surface area is 84.0 Å². The maximum atomic E-state index is 10.9. The molecule has 0 rings (SSSR count). The van der Waals surface area contributed by atoms with Gasteiger partial charge < -0.3 is 15.8 Å². The van der Waals surface area contributed by atoms with Crippen LogP contribution in [0.5, 0.6) is 0 Å². The lowest BCUT2D eigenvalue weighted by Crippen LogP contribution is -2.45. The van der Waals surface area contributed by atoms with Gasteiger partial charge in [-0.1, -0.05) is 13.8 Å². The van der Waals surface area contributed by atoms with Gasteiger partial charge in [-0.3, -0.25) is 9.59 Å². The van der Waals surface area contributed by atoms with E-state index in [1.165, 1.54) is 7.11 Å². The minimum atomic E-state index is -0.398. The number of carbonyl (C=O) groups excluding carboxylic acids is 2. The SMILES string of the molecule is COC(=O)CCNC(C(N)=O)C(C)C. The third-order valence-corrected chi connectivity index (χ3v) is 1.89. The number of rotatable bonds is 6. The van der Waals surface area contributed by atoms with Crippen molar-refractivity contribution < 1.29 is 14.3 Å². The maximum absolute atomic E-state index is 10.9. The summed E-state index contributed by atoms with van der Waals surface area (Å²) in [5, 5.41) is 2.91. The van der Waals surface area contributed by atoms with E-state index < -0.39 is 5.91 Å². The largest absolute Gasteiger partial charge is 0.469 e. The average molecular weight is 202 g/mol. The number of ether oxygens (including phenoxy) is 1. The number of methoxy groups -OCH3 is 1. The molecular weight excluding hydrogens is 184 g/mol. The molecule has 5 nitrogen and oxygen atoms in total. The van der Waals surface area contributed by atoms with Crippen molar-refractivity contribution in [2.45, 2.75) is 26.3 Å². The minimum absolute atomic E-state index is 0.116. The Hall–Kier alpha value is -1.10. The predicted molar refractivity (Wildman–Crippen MR) is 52.5 cm³/mol. The molecule has 0 radical (unpaired) electrons. The van der Waals surface area contributed by atoms with Gasteiger partial charge in [0.2, 0.25) is 5.91 Å². The van der Waals surface area contributed by atoms with Crippen molar-refractivity contribution in [1.29, 1.82) is 0 Å². The molecule has 5 heteroatoms. The third-order valence-electron chi connectivity index (χ3n) is 1.89. The number of carbonyl (C=O) groups is 2. The molecule has 0 aliphatic carbocycles. The van der Waals surface area contributed by atoms with Crippen molar-refractivity contribution in [2.24, 2.45) is 11.7 Å². The van der Waals surface area contributed by atoms with E-state index in [0.29, 0.717) is 6.54 Å². The lowest BCUT2D eigenvalue weighted by molar-refractivity contribution is -0.140. The van der Waals surface area contributed by atoms with E-state index in [1.54, 1.807) is 0 Å². The highest BCUT2D eigenvalue weighted by molar-refractivity contribution is 5.80. The first kappa shape index (κ1) is 12.9. The van der Waals surface area contributed by atoms with Crippen LogP contribution in [0.25, 0.3) is 0 Å². The Morgan fingerprint density at radius 1 is 1.43 bits per heavy atom. The minimum Gasteiger partial charge on any atom is -0.469 e. The zero-order valence-electron chi connectivity index (χ0n) is 8.87. The van der Waals surface area contributed by atoms with E-state index in [4.69, 9.17) is 5.73 Å². The van der Waals surface area contributed by atoms with Gasteiger partial charge in [-0.05, 0) is 5.92 Å². The molecule has 0 saturated carbocycles. The summed E-state index contributed by atoms with van der Waals surface area (Å²) < 4.78 is 4.46. The van der Waals surface area contributed by atoms with Crippen LogP contribution in [0.1, 0.15) is 20.3 Å². The Bertz CT molecular complexity index is 204. The maximum Gasteiger partial charge on any atom is 0.306 e. The number of esters is 1. The van der Waals surface area contributed by atoms with Crippen LogP contribution in [0.4, 0.5) is 0 Å². The monoisotopic (exact) mass is 202 g/mol. The molecule has 0 aliphatic heterocycles. The Kier molecular flexibility index (Phi) is 5.87. The van der Waals surface area contributed by atoms with Gasteiger partial charge in [0.1, 0.15) is 0 Å². The zero-order valence-corrected chi connectivity index (χ0v) is 8.87. The highest BCUT2D eigenvalue weighted by atomic mass is 16.5. The molecule has 14 heavy (non-hydrogen) atoms. The molecule has 0 bridgehead atoms. The van der Waals surface area contributed by atoms with Crippen LogP contribution in [0, 0.1) is 5.92 Å². The summed E-state index contributed by atoms with van der Waals surface area (Å²) in [6, 6.07) is -0.389. The molecule has 0 aromatic carbocycles. The Morgan fingerprint density at radius 2 is 2.00 bits per heavy atom. The fourth-order valence-electron chi connectivity index (χ4n) is 1.10. The van der Waals surface area contributed by atoms with Crippen LogP contribution in [-0.4, -0.2) is 31.6 Å². The summed E-state index contributed by atoms with van der Waals surface area (Å²) in [6.07, 6.45) is 0.243. The van der Waals surface area contributed by atoms with Gasteiger partial charge in [0.05, 0.1) is 19.6 Å². The fraction of sp³-hybridized carbons (Fsp3) is 0.778. The fourth-order valence-corrected chi connectivity index (χ4v) is 1.10. The van der Waals surface area contributed by atoms with E-state index in [2.05, 4.69) is 10.1 Å². The second-order valence-corrected chi connectivity index (χ2v) is 3.40. The molecule has 1 atom stereocenters. The first-order valence-corrected chi connectivity index (χ1v) is 4.58. The van der Waals surface area contributed by atoms with E-state index in [-0.39, 0.29) is 24.3 Å². The first-order chi connectivity index (χ1) is 6.49. The predicted octanol–water partition coefficient (Wildman–Crippen LogP) is -0.351.